The summed E-state index contributed by atoms with van der Waals surface area (Å²) < 4.78 is 45.3. The Hall–Kier alpha value is -2.62. The lowest BCUT2D eigenvalue weighted by molar-refractivity contribution is -0.141. The zero-order valence-electron chi connectivity index (χ0n) is 12.8. The van der Waals surface area contributed by atoms with Crippen LogP contribution in [0.5, 0.6) is 0 Å². The molecule has 0 aliphatic heterocycles. The standard InChI is InChI=1S/C14H14F3N5O2/c1-8-3-4-10(24-8)13(2,23)6-18-11-5-9(14(15,16)17)21-12-19-7-20-22(11)12/h3-5,7,18,23H,6H2,1-2H3. The number of hydrogen-bond acceptors (Lipinski definition) is 6. The van der Waals surface area contributed by atoms with E-state index in [1.165, 1.54) is 6.92 Å². The van der Waals surface area contributed by atoms with Crippen LogP contribution in [0.3, 0.4) is 0 Å². The highest BCUT2D eigenvalue weighted by molar-refractivity contribution is 5.46. The average Bonchev–Trinajstić information content (AvgIpc) is 3.12. The molecule has 10 heteroatoms. The number of nitrogens with zero attached hydrogens (tertiary/aromatic N) is 4. The first-order valence-electron chi connectivity index (χ1n) is 6.98. The maximum atomic E-state index is 12.9. The molecule has 24 heavy (non-hydrogen) atoms. The smallest absolute Gasteiger partial charge is 0.433 e. The summed E-state index contributed by atoms with van der Waals surface area (Å²) in [6.07, 6.45) is -3.52. The number of anilines is 1. The van der Waals surface area contributed by atoms with E-state index in [2.05, 4.69) is 20.4 Å². The molecular formula is C14H14F3N5O2. The van der Waals surface area contributed by atoms with Crippen LogP contribution in [0.15, 0.2) is 28.9 Å². The Bertz CT molecular complexity index is 869. The zero-order chi connectivity index (χ0) is 17.5. The molecule has 3 heterocycles. The first-order chi connectivity index (χ1) is 11.2. The van der Waals surface area contributed by atoms with Gasteiger partial charge in [0.25, 0.3) is 5.78 Å². The van der Waals surface area contributed by atoms with Crippen molar-refractivity contribution in [3.8, 4) is 0 Å². The van der Waals surface area contributed by atoms with Crippen LogP contribution in [0, 0.1) is 6.92 Å². The molecular weight excluding hydrogens is 327 g/mol. The van der Waals surface area contributed by atoms with E-state index in [1.807, 2.05) is 0 Å². The van der Waals surface area contributed by atoms with Gasteiger partial charge in [0.05, 0.1) is 6.54 Å². The minimum Gasteiger partial charge on any atom is -0.463 e. The number of halogens is 3. The second kappa shape index (κ2) is 5.48. The quantitative estimate of drug-likeness (QED) is 0.757. The van der Waals surface area contributed by atoms with Crippen molar-refractivity contribution < 1.29 is 22.7 Å². The lowest BCUT2D eigenvalue weighted by Gasteiger charge is -2.22. The molecule has 0 fully saturated rings. The molecule has 0 radical (unpaired) electrons. The Morgan fingerprint density at radius 3 is 2.71 bits per heavy atom. The van der Waals surface area contributed by atoms with Crippen molar-refractivity contribution in [3.05, 3.63) is 41.7 Å². The molecule has 0 aliphatic carbocycles. The van der Waals surface area contributed by atoms with E-state index in [0.29, 0.717) is 11.5 Å². The summed E-state index contributed by atoms with van der Waals surface area (Å²) in [6, 6.07) is 4.11. The molecule has 1 unspecified atom stereocenters. The highest BCUT2D eigenvalue weighted by Gasteiger charge is 2.34. The highest BCUT2D eigenvalue weighted by Crippen LogP contribution is 2.30. The van der Waals surface area contributed by atoms with E-state index in [4.69, 9.17) is 4.42 Å². The maximum Gasteiger partial charge on any atom is 0.433 e. The van der Waals surface area contributed by atoms with Gasteiger partial charge >= 0.3 is 6.18 Å². The van der Waals surface area contributed by atoms with Crippen LogP contribution in [0.1, 0.15) is 24.1 Å². The predicted octanol–water partition coefficient (Wildman–Crippen LogP) is 2.36. The van der Waals surface area contributed by atoms with Crippen LogP contribution in [-0.4, -0.2) is 31.2 Å². The fourth-order valence-electron chi connectivity index (χ4n) is 2.16. The van der Waals surface area contributed by atoms with E-state index in [0.717, 1.165) is 16.9 Å². The molecule has 128 valence electrons. The molecule has 0 aliphatic rings. The summed E-state index contributed by atoms with van der Waals surface area (Å²) in [5.74, 6) is 0.730. The molecule has 0 bridgehead atoms. The third-order valence-corrected chi connectivity index (χ3v) is 3.43. The van der Waals surface area contributed by atoms with Crippen LogP contribution < -0.4 is 5.32 Å². The summed E-state index contributed by atoms with van der Waals surface area (Å²) in [5.41, 5.74) is -2.53. The topological polar surface area (TPSA) is 88.5 Å². The van der Waals surface area contributed by atoms with Crippen LogP contribution in [-0.2, 0) is 11.8 Å². The Labute approximate surface area is 134 Å². The lowest BCUT2D eigenvalue weighted by Crippen LogP contribution is -2.31. The third-order valence-electron chi connectivity index (χ3n) is 3.43. The fourth-order valence-corrected chi connectivity index (χ4v) is 2.16. The van der Waals surface area contributed by atoms with Gasteiger partial charge in [0.2, 0.25) is 0 Å². The van der Waals surface area contributed by atoms with Gasteiger partial charge < -0.3 is 14.8 Å². The number of fused-ring (bicyclic) bond motifs is 1. The molecule has 0 saturated heterocycles. The van der Waals surface area contributed by atoms with E-state index in [1.54, 1.807) is 19.1 Å². The molecule has 3 aromatic heterocycles. The van der Waals surface area contributed by atoms with Gasteiger partial charge in [0.1, 0.15) is 29.3 Å². The van der Waals surface area contributed by atoms with E-state index < -0.39 is 17.5 Å². The van der Waals surface area contributed by atoms with Gasteiger partial charge in [-0.3, -0.25) is 0 Å². The zero-order valence-corrected chi connectivity index (χ0v) is 12.8. The summed E-state index contributed by atoms with van der Waals surface area (Å²) >= 11 is 0. The lowest BCUT2D eigenvalue weighted by atomic mass is 10.0. The van der Waals surface area contributed by atoms with Crippen molar-refractivity contribution in [1.82, 2.24) is 19.6 Å². The first-order valence-corrected chi connectivity index (χ1v) is 6.98. The number of aromatic nitrogens is 4. The van der Waals surface area contributed by atoms with Gasteiger partial charge in [0, 0.05) is 6.07 Å². The molecule has 0 amide bonds. The third kappa shape index (κ3) is 3.04. The minimum absolute atomic E-state index is 0.00776. The molecule has 1 atom stereocenters. The monoisotopic (exact) mass is 341 g/mol. The number of furan rings is 1. The molecule has 3 rings (SSSR count). The second-order valence-corrected chi connectivity index (χ2v) is 5.53. The highest BCUT2D eigenvalue weighted by atomic mass is 19.4. The summed E-state index contributed by atoms with van der Waals surface area (Å²) in [4.78, 5) is 7.10. The van der Waals surface area contributed by atoms with Crippen molar-refractivity contribution >= 4 is 11.6 Å². The largest absolute Gasteiger partial charge is 0.463 e. The minimum atomic E-state index is -4.62. The van der Waals surface area contributed by atoms with Gasteiger partial charge in [-0.05, 0) is 26.0 Å². The number of rotatable bonds is 4. The number of aryl methyl sites for hydroxylation is 1. The van der Waals surface area contributed by atoms with Crippen LogP contribution in [0.4, 0.5) is 19.0 Å². The van der Waals surface area contributed by atoms with Gasteiger partial charge in [-0.2, -0.15) is 27.8 Å². The second-order valence-electron chi connectivity index (χ2n) is 5.53. The van der Waals surface area contributed by atoms with Gasteiger partial charge in [-0.1, -0.05) is 0 Å². The number of aliphatic hydroxyl groups is 1. The number of nitrogens with one attached hydrogen (secondary N) is 1. The molecule has 3 aromatic rings. The van der Waals surface area contributed by atoms with Crippen LogP contribution >= 0.6 is 0 Å². The van der Waals surface area contributed by atoms with Crippen molar-refractivity contribution in [2.24, 2.45) is 0 Å². The first kappa shape index (κ1) is 16.2. The summed E-state index contributed by atoms with van der Waals surface area (Å²) in [6.45, 7) is 3.11. The number of hydrogen-bond donors (Lipinski definition) is 2. The molecule has 7 nitrogen and oxygen atoms in total. The summed E-state index contributed by atoms with van der Waals surface area (Å²) in [7, 11) is 0. The normalized spacial score (nSPS) is 14.8. The van der Waals surface area contributed by atoms with Crippen LogP contribution in [0.25, 0.3) is 5.78 Å². The Kier molecular flexibility index (Phi) is 3.71. The van der Waals surface area contributed by atoms with E-state index in [9.17, 15) is 18.3 Å². The van der Waals surface area contributed by atoms with Crippen LogP contribution in [0.2, 0.25) is 0 Å². The molecule has 2 N–H and O–H groups in total. The SMILES string of the molecule is Cc1ccc(C(C)(O)CNc2cc(C(F)(F)F)nc3ncnn23)o1. The molecule has 0 spiro atoms. The van der Waals surface area contributed by atoms with Gasteiger partial charge in [0.15, 0.2) is 5.69 Å². The van der Waals surface area contributed by atoms with Crippen molar-refractivity contribution in [2.75, 3.05) is 11.9 Å². The van der Waals surface area contributed by atoms with Crippen molar-refractivity contribution in [3.63, 3.8) is 0 Å². The Morgan fingerprint density at radius 2 is 2.08 bits per heavy atom. The van der Waals surface area contributed by atoms with Crippen molar-refractivity contribution in [2.45, 2.75) is 25.6 Å². The molecule has 0 aromatic carbocycles. The predicted molar refractivity (Wildman–Crippen MR) is 77.3 cm³/mol. The average molecular weight is 341 g/mol. The Balaban J connectivity index is 1.91. The Morgan fingerprint density at radius 1 is 1.33 bits per heavy atom. The van der Waals surface area contributed by atoms with Gasteiger partial charge in [-0.15, -0.1) is 0 Å². The summed E-state index contributed by atoms with van der Waals surface area (Å²) in [5, 5.41) is 17.0. The van der Waals surface area contributed by atoms with Crippen molar-refractivity contribution in [1.29, 1.82) is 0 Å². The van der Waals surface area contributed by atoms with Gasteiger partial charge in [-0.25, -0.2) is 4.98 Å². The fraction of sp³-hybridized carbons (Fsp3) is 0.357. The van der Waals surface area contributed by atoms with E-state index in [-0.39, 0.29) is 18.1 Å². The van der Waals surface area contributed by atoms with E-state index >= 15 is 0 Å². The maximum absolute atomic E-state index is 12.9. The number of alkyl halides is 3. The molecule has 0 saturated carbocycles.